The van der Waals surface area contributed by atoms with E-state index in [-0.39, 0.29) is 0 Å². The van der Waals surface area contributed by atoms with E-state index in [1.54, 1.807) is 25.1 Å². The van der Waals surface area contributed by atoms with Crippen molar-refractivity contribution >= 4 is 0 Å². The van der Waals surface area contributed by atoms with Crippen LogP contribution in [0.4, 0.5) is 0 Å². The summed E-state index contributed by atoms with van der Waals surface area (Å²) in [7, 11) is 0. The average Bonchev–Trinajstić information content (AvgIpc) is 2.15. The van der Waals surface area contributed by atoms with Gasteiger partial charge in [-0.25, -0.2) is 4.98 Å². The molecule has 1 heterocycles. The van der Waals surface area contributed by atoms with Crippen molar-refractivity contribution in [2.24, 2.45) is 0 Å². The molecule has 1 aromatic heterocycles. The van der Waals surface area contributed by atoms with E-state index in [4.69, 9.17) is 10.4 Å². The minimum atomic E-state index is -0.674. The van der Waals surface area contributed by atoms with Gasteiger partial charge in [0.25, 0.3) is 0 Å². The van der Waals surface area contributed by atoms with Crippen molar-refractivity contribution in [3.05, 3.63) is 29.6 Å². The molecule has 1 aromatic rings. The molecule has 0 spiro atoms. The first-order valence-electron chi connectivity index (χ1n) is 3.79. The van der Waals surface area contributed by atoms with Crippen LogP contribution in [0.25, 0.3) is 0 Å². The van der Waals surface area contributed by atoms with Crippen LogP contribution in [0.1, 0.15) is 18.3 Å². The summed E-state index contributed by atoms with van der Waals surface area (Å²) < 4.78 is 0. The number of nitriles is 1. The zero-order chi connectivity index (χ0) is 9.68. The van der Waals surface area contributed by atoms with E-state index in [2.05, 4.69) is 16.8 Å². The number of hydrogen-bond acceptors (Lipinski definition) is 3. The van der Waals surface area contributed by atoms with Gasteiger partial charge in [-0.05, 0) is 25.0 Å². The van der Waals surface area contributed by atoms with Gasteiger partial charge in [0.05, 0.1) is 0 Å². The highest BCUT2D eigenvalue weighted by molar-refractivity contribution is 5.32. The smallest absolute Gasteiger partial charge is 0.141 e. The Morgan fingerprint density at radius 1 is 1.46 bits per heavy atom. The fraction of sp³-hybridized carbons (Fsp3) is 0.200. The maximum absolute atomic E-state index is 8.87. The summed E-state index contributed by atoms with van der Waals surface area (Å²) in [4.78, 5) is 3.92. The van der Waals surface area contributed by atoms with Gasteiger partial charge in [-0.1, -0.05) is 12.0 Å². The minimum absolute atomic E-state index is 0.331. The van der Waals surface area contributed by atoms with E-state index in [9.17, 15) is 0 Å². The topological polar surface area (TPSA) is 56.9 Å². The molecule has 0 radical (unpaired) electrons. The quantitative estimate of drug-likeness (QED) is 0.585. The van der Waals surface area contributed by atoms with Gasteiger partial charge in [0.15, 0.2) is 0 Å². The summed E-state index contributed by atoms with van der Waals surface area (Å²) in [6.07, 6.45) is -0.674. The Bertz CT molecular complexity index is 393. The van der Waals surface area contributed by atoms with E-state index in [0.29, 0.717) is 11.4 Å². The van der Waals surface area contributed by atoms with Crippen LogP contribution in [-0.4, -0.2) is 16.2 Å². The molecule has 1 unspecified atom stereocenters. The second-order valence-corrected chi connectivity index (χ2v) is 2.47. The molecule has 0 saturated heterocycles. The van der Waals surface area contributed by atoms with Crippen LogP contribution in [0, 0.1) is 23.2 Å². The standard InChI is InChI=1S/C10H8N2O/c1-8(13)5-6-9-3-2-4-10(7-11)12-9/h2-4,8,13H,1H3. The van der Waals surface area contributed by atoms with Gasteiger partial charge in [0.2, 0.25) is 0 Å². The SMILES string of the molecule is CC(O)C#Cc1cccc(C#N)n1. The Morgan fingerprint density at radius 3 is 2.77 bits per heavy atom. The third-order valence-electron chi connectivity index (χ3n) is 1.27. The van der Waals surface area contributed by atoms with E-state index >= 15 is 0 Å². The zero-order valence-electron chi connectivity index (χ0n) is 7.15. The van der Waals surface area contributed by atoms with Crippen molar-refractivity contribution < 1.29 is 5.11 Å². The number of aliphatic hydroxyl groups excluding tert-OH is 1. The molecule has 0 aromatic carbocycles. The van der Waals surface area contributed by atoms with Gasteiger partial charge in [0.1, 0.15) is 23.6 Å². The van der Waals surface area contributed by atoms with Crippen LogP contribution >= 0.6 is 0 Å². The Hall–Kier alpha value is -1.84. The second-order valence-electron chi connectivity index (χ2n) is 2.47. The highest BCUT2D eigenvalue weighted by Crippen LogP contribution is 1.96. The lowest BCUT2D eigenvalue weighted by atomic mass is 10.3. The summed E-state index contributed by atoms with van der Waals surface area (Å²) in [6, 6.07) is 6.91. The summed E-state index contributed by atoms with van der Waals surface area (Å²) in [5.41, 5.74) is 0.831. The van der Waals surface area contributed by atoms with Crippen LogP contribution < -0.4 is 0 Å². The zero-order valence-corrected chi connectivity index (χ0v) is 7.15. The third-order valence-corrected chi connectivity index (χ3v) is 1.27. The number of nitrogens with zero attached hydrogens (tertiary/aromatic N) is 2. The first kappa shape index (κ1) is 9.25. The Balaban J connectivity index is 2.93. The van der Waals surface area contributed by atoms with Crippen molar-refractivity contribution in [3.8, 4) is 17.9 Å². The average molecular weight is 172 g/mol. The summed E-state index contributed by atoms with van der Waals surface area (Å²) in [6.45, 7) is 1.57. The van der Waals surface area contributed by atoms with E-state index in [0.717, 1.165) is 0 Å². The maximum Gasteiger partial charge on any atom is 0.141 e. The summed E-state index contributed by atoms with van der Waals surface area (Å²) in [5.74, 6) is 5.20. The molecule has 0 saturated carbocycles. The van der Waals surface area contributed by atoms with Gasteiger partial charge in [-0.3, -0.25) is 0 Å². The number of aromatic nitrogens is 1. The molecule has 0 aliphatic carbocycles. The van der Waals surface area contributed by atoms with Crippen LogP contribution in [-0.2, 0) is 0 Å². The third kappa shape index (κ3) is 2.94. The molecule has 3 nitrogen and oxygen atoms in total. The second kappa shape index (κ2) is 4.25. The first-order chi connectivity index (χ1) is 6.22. The van der Waals surface area contributed by atoms with E-state index in [1.165, 1.54) is 0 Å². The summed E-state index contributed by atoms with van der Waals surface area (Å²) in [5, 5.41) is 17.4. The molecule has 0 bridgehead atoms. The molecular formula is C10H8N2O. The Kier molecular flexibility index (Phi) is 3.03. The molecule has 3 heteroatoms. The molecule has 64 valence electrons. The predicted molar refractivity (Wildman–Crippen MR) is 47.5 cm³/mol. The lowest BCUT2D eigenvalue weighted by Crippen LogP contribution is -1.93. The molecule has 13 heavy (non-hydrogen) atoms. The largest absolute Gasteiger partial charge is 0.381 e. The predicted octanol–water partition coefficient (Wildman–Crippen LogP) is 0.686. The van der Waals surface area contributed by atoms with Crippen molar-refractivity contribution in [1.29, 1.82) is 5.26 Å². The number of pyridine rings is 1. The van der Waals surface area contributed by atoms with E-state index in [1.807, 2.05) is 6.07 Å². The van der Waals surface area contributed by atoms with Crippen molar-refractivity contribution in [3.63, 3.8) is 0 Å². The van der Waals surface area contributed by atoms with Crippen LogP contribution in [0.15, 0.2) is 18.2 Å². The van der Waals surface area contributed by atoms with Crippen molar-refractivity contribution in [2.75, 3.05) is 0 Å². The maximum atomic E-state index is 8.87. The first-order valence-corrected chi connectivity index (χ1v) is 3.79. The van der Waals surface area contributed by atoms with Gasteiger partial charge in [-0.2, -0.15) is 5.26 Å². The normalized spacial score (nSPS) is 10.8. The molecular weight excluding hydrogens is 164 g/mol. The fourth-order valence-electron chi connectivity index (χ4n) is 0.745. The molecule has 0 aliphatic heterocycles. The van der Waals surface area contributed by atoms with E-state index < -0.39 is 6.10 Å². The van der Waals surface area contributed by atoms with Crippen molar-refractivity contribution in [2.45, 2.75) is 13.0 Å². The number of hydrogen-bond donors (Lipinski definition) is 1. The van der Waals surface area contributed by atoms with Crippen LogP contribution in [0.5, 0.6) is 0 Å². The van der Waals surface area contributed by atoms with Gasteiger partial charge in [0, 0.05) is 0 Å². The highest BCUT2D eigenvalue weighted by atomic mass is 16.3. The molecule has 1 rings (SSSR count). The fourth-order valence-corrected chi connectivity index (χ4v) is 0.745. The minimum Gasteiger partial charge on any atom is -0.381 e. The number of rotatable bonds is 0. The molecule has 1 atom stereocenters. The van der Waals surface area contributed by atoms with Crippen LogP contribution in [0.3, 0.4) is 0 Å². The van der Waals surface area contributed by atoms with Gasteiger partial charge >= 0.3 is 0 Å². The lowest BCUT2D eigenvalue weighted by molar-refractivity contribution is 0.253. The number of aliphatic hydroxyl groups is 1. The van der Waals surface area contributed by atoms with Crippen LogP contribution in [0.2, 0.25) is 0 Å². The molecule has 0 fully saturated rings. The summed E-state index contributed by atoms with van der Waals surface area (Å²) >= 11 is 0. The van der Waals surface area contributed by atoms with Gasteiger partial charge in [-0.15, -0.1) is 0 Å². The Morgan fingerprint density at radius 2 is 2.15 bits per heavy atom. The molecule has 1 N–H and O–H groups in total. The molecule has 0 aliphatic rings. The highest BCUT2D eigenvalue weighted by Gasteiger charge is 1.92. The van der Waals surface area contributed by atoms with Crippen molar-refractivity contribution in [1.82, 2.24) is 4.98 Å². The Labute approximate surface area is 76.7 Å². The lowest BCUT2D eigenvalue weighted by Gasteiger charge is -1.90. The van der Waals surface area contributed by atoms with Gasteiger partial charge < -0.3 is 5.11 Å². The molecule has 0 amide bonds. The monoisotopic (exact) mass is 172 g/mol.